The Bertz CT molecular complexity index is 2540. The smallest absolute Gasteiger partial charge is 0.144 e. The molecular weight excluding hydrogens is 498 g/mol. The first-order valence-electron chi connectivity index (χ1n) is 21.6. The van der Waals surface area contributed by atoms with Gasteiger partial charge in [0.1, 0.15) is 11.2 Å². The molecule has 6 aromatic rings. The summed E-state index contributed by atoms with van der Waals surface area (Å²) in [5.41, 5.74) is -1.68. The van der Waals surface area contributed by atoms with Crippen LogP contribution in [0.3, 0.4) is 0 Å². The van der Waals surface area contributed by atoms with Gasteiger partial charge >= 0.3 is 0 Å². The van der Waals surface area contributed by atoms with Crippen LogP contribution in [-0.4, -0.2) is 4.98 Å². The summed E-state index contributed by atoms with van der Waals surface area (Å²) in [6.45, 7) is -8.76. The fraction of sp³-hybridized carbons (Fsp3) is 0.256. The highest BCUT2D eigenvalue weighted by Gasteiger charge is 2.17. The van der Waals surface area contributed by atoms with Crippen molar-refractivity contribution < 1.29 is 27.7 Å². The van der Waals surface area contributed by atoms with E-state index in [9.17, 15) is 0 Å². The van der Waals surface area contributed by atoms with Crippen molar-refractivity contribution in [1.29, 1.82) is 0 Å². The molecule has 0 bridgehead atoms. The Morgan fingerprint density at radius 3 is 2.15 bits per heavy atom. The van der Waals surface area contributed by atoms with Gasteiger partial charge in [-0.05, 0) is 120 Å². The summed E-state index contributed by atoms with van der Waals surface area (Å²) in [4.78, 5) is 4.42. The molecule has 2 aromatic heterocycles. The van der Waals surface area contributed by atoms with E-state index >= 15 is 0 Å². The highest BCUT2D eigenvalue weighted by atomic mass is 16.3. The van der Waals surface area contributed by atoms with Gasteiger partial charge in [-0.2, -0.15) is 0 Å². The van der Waals surface area contributed by atoms with Crippen molar-refractivity contribution in [3.8, 4) is 33.5 Å². The Morgan fingerprint density at radius 2 is 1.41 bits per heavy atom. The van der Waals surface area contributed by atoms with Gasteiger partial charge in [-0.1, -0.05) is 75.4 Å². The molecule has 0 unspecified atom stereocenters. The lowest BCUT2D eigenvalue weighted by atomic mass is 9.87. The Balaban J connectivity index is 1.64. The van der Waals surface area contributed by atoms with Crippen molar-refractivity contribution >= 4 is 21.9 Å². The molecule has 0 aliphatic heterocycles. The maximum absolute atomic E-state index is 8.66. The maximum Gasteiger partial charge on any atom is 0.144 e. The molecule has 0 N–H and O–H groups in total. The summed E-state index contributed by atoms with van der Waals surface area (Å²) in [6, 6.07) is 16.9. The summed E-state index contributed by atoms with van der Waals surface area (Å²) in [5, 5.41) is 0.548. The molecule has 4 aromatic carbocycles. The van der Waals surface area contributed by atoms with E-state index in [1.807, 2.05) is 0 Å². The number of fused-ring (bicyclic) bond motifs is 3. The van der Waals surface area contributed by atoms with Crippen LogP contribution < -0.4 is 0 Å². The van der Waals surface area contributed by atoms with Crippen molar-refractivity contribution in [2.45, 2.75) is 61.4 Å². The first-order valence-corrected chi connectivity index (χ1v) is 13.1. The van der Waals surface area contributed by atoms with Gasteiger partial charge in [-0.25, -0.2) is 0 Å². The van der Waals surface area contributed by atoms with E-state index in [1.165, 1.54) is 42.5 Å². The van der Waals surface area contributed by atoms with Crippen molar-refractivity contribution in [2.24, 2.45) is 5.41 Å². The SMILES string of the molecule is [2H]C([2H])([2H])c1cc(C([2H])([2H])[2H])c2oc3c(-c4cc(-c5cc(C([2H])([2H])[2H])c(-c6ccc(C([2H])([2H])C(C)(C)C)cc6)cc5C([2H])([2H])[2H])c(C([2H])([2H])[2H])cn4)cccc3c2c1. The second kappa shape index (κ2) is 10.0. The minimum atomic E-state index is -2.90. The Labute approximate surface area is 268 Å². The fourth-order valence-electron chi connectivity index (χ4n) is 5.15. The van der Waals surface area contributed by atoms with E-state index < -0.39 is 46.0 Å². The molecule has 2 nitrogen and oxygen atoms in total. The van der Waals surface area contributed by atoms with Crippen LogP contribution in [0.25, 0.3) is 55.4 Å². The molecular formula is C39H39NO. The summed E-state index contributed by atoms with van der Waals surface area (Å²) in [7, 11) is 0. The van der Waals surface area contributed by atoms with E-state index in [1.54, 1.807) is 39.0 Å². The number of benzene rings is 4. The van der Waals surface area contributed by atoms with E-state index in [0.717, 1.165) is 18.3 Å². The zero-order valence-electron chi connectivity index (χ0n) is 39.9. The number of aryl methyl sites for hydroxylation is 5. The standard InChI is InChI=1S/C39H39NO/c1-23-16-26(4)37-35(17-23)30-10-9-11-31(38(30)41-37)36-20-34(27(5)22-40-36)33-19-24(2)32(18-25(33)3)29-14-12-28(13-15-29)21-39(6,7)8/h9-20,22H,21H2,1-8H3/i1D3,2D3,3D3,4D3,5D3,21D2. The average molecular weight is 555 g/mol. The Kier molecular flexibility index (Phi) is 3.34. The van der Waals surface area contributed by atoms with Gasteiger partial charge in [-0.15, -0.1) is 0 Å². The topological polar surface area (TPSA) is 26.0 Å². The molecule has 0 fully saturated rings. The quantitative estimate of drug-likeness (QED) is 0.217. The summed E-state index contributed by atoms with van der Waals surface area (Å²) in [6.07, 6.45) is -0.712. The van der Waals surface area contributed by atoms with Crippen molar-refractivity contribution in [3.05, 3.63) is 112 Å². The predicted molar refractivity (Wildman–Crippen MR) is 175 cm³/mol. The van der Waals surface area contributed by atoms with Crippen LogP contribution in [0.15, 0.2) is 83.4 Å². The monoisotopic (exact) mass is 554 g/mol. The largest absolute Gasteiger partial charge is 0.455 e. The molecule has 0 saturated carbocycles. The number of para-hydroxylation sites is 1. The minimum Gasteiger partial charge on any atom is -0.455 e. The Morgan fingerprint density at radius 1 is 0.683 bits per heavy atom. The van der Waals surface area contributed by atoms with Crippen LogP contribution in [-0.2, 0) is 6.37 Å². The van der Waals surface area contributed by atoms with Gasteiger partial charge in [-0.3, -0.25) is 4.98 Å². The second-order valence-electron chi connectivity index (χ2n) is 11.2. The molecule has 0 aliphatic rings. The predicted octanol–water partition coefficient (Wildman–Crippen LogP) is 11.1. The summed E-state index contributed by atoms with van der Waals surface area (Å²) < 4.78 is 148. The number of hydrogen-bond acceptors (Lipinski definition) is 2. The number of hydrogen-bond donors (Lipinski definition) is 0. The minimum absolute atomic E-state index is 0.0380. The van der Waals surface area contributed by atoms with Crippen molar-refractivity contribution in [3.63, 3.8) is 0 Å². The van der Waals surface area contributed by atoms with Gasteiger partial charge in [0, 0.05) is 45.8 Å². The van der Waals surface area contributed by atoms with E-state index in [2.05, 4.69) is 4.98 Å². The molecule has 0 saturated heterocycles. The number of rotatable bonds is 4. The van der Waals surface area contributed by atoms with Crippen LogP contribution in [0.1, 0.15) is 77.5 Å². The van der Waals surface area contributed by atoms with Gasteiger partial charge in [0.05, 0.1) is 5.69 Å². The molecule has 0 radical (unpaired) electrons. The fourth-order valence-corrected chi connectivity index (χ4v) is 5.15. The van der Waals surface area contributed by atoms with Crippen LogP contribution in [0.2, 0.25) is 0 Å². The lowest BCUT2D eigenvalue weighted by molar-refractivity contribution is 0.411. The molecule has 0 aliphatic carbocycles. The first-order chi connectivity index (χ1) is 26.3. The zero-order valence-corrected chi connectivity index (χ0v) is 22.9. The third kappa shape index (κ3) is 5.08. The molecule has 0 atom stereocenters. The van der Waals surface area contributed by atoms with Crippen molar-refractivity contribution in [2.75, 3.05) is 0 Å². The van der Waals surface area contributed by atoms with Crippen molar-refractivity contribution in [1.82, 2.24) is 4.98 Å². The molecule has 2 heterocycles. The molecule has 2 heteroatoms. The zero-order chi connectivity index (χ0) is 43.3. The summed E-state index contributed by atoms with van der Waals surface area (Å²) >= 11 is 0. The molecule has 206 valence electrons. The third-order valence-electron chi connectivity index (χ3n) is 6.94. The molecule has 41 heavy (non-hydrogen) atoms. The van der Waals surface area contributed by atoms with Gasteiger partial charge in [0.2, 0.25) is 0 Å². The van der Waals surface area contributed by atoms with E-state index in [4.69, 9.17) is 27.7 Å². The lowest BCUT2D eigenvalue weighted by Gasteiger charge is -2.19. The van der Waals surface area contributed by atoms with Crippen LogP contribution in [0.5, 0.6) is 0 Å². The Hall–Kier alpha value is -4.17. The first kappa shape index (κ1) is 13.7. The number of furan rings is 1. The van der Waals surface area contributed by atoms with Gasteiger partial charge in [0.25, 0.3) is 0 Å². The normalized spacial score (nSPS) is 20.0. The lowest BCUT2D eigenvalue weighted by Crippen LogP contribution is -2.08. The maximum atomic E-state index is 8.66. The highest BCUT2D eigenvalue weighted by molar-refractivity contribution is 6.10. The number of pyridine rings is 1. The van der Waals surface area contributed by atoms with Crippen LogP contribution >= 0.6 is 0 Å². The molecule has 0 spiro atoms. The van der Waals surface area contributed by atoms with Crippen LogP contribution in [0, 0.1) is 39.7 Å². The van der Waals surface area contributed by atoms with E-state index in [-0.39, 0.29) is 72.3 Å². The highest BCUT2D eigenvalue weighted by Crippen LogP contribution is 2.39. The number of nitrogens with zero attached hydrogens (tertiary/aromatic N) is 1. The second-order valence-corrected chi connectivity index (χ2v) is 11.2. The van der Waals surface area contributed by atoms with E-state index in [0.29, 0.717) is 16.5 Å². The summed E-state index contributed by atoms with van der Waals surface area (Å²) in [5.74, 6) is 0. The van der Waals surface area contributed by atoms with Gasteiger partial charge in [0.15, 0.2) is 0 Å². The molecule has 6 rings (SSSR count). The third-order valence-corrected chi connectivity index (χ3v) is 6.94. The van der Waals surface area contributed by atoms with Gasteiger partial charge < -0.3 is 4.42 Å². The average Bonchev–Trinajstić information content (AvgIpc) is 3.47. The van der Waals surface area contributed by atoms with Crippen LogP contribution in [0.4, 0.5) is 0 Å². The number of aromatic nitrogens is 1. The molecule has 0 amide bonds.